The highest BCUT2D eigenvalue weighted by Crippen LogP contribution is 2.17. The van der Waals surface area contributed by atoms with Gasteiger partial charge in [-0.15, -0.1) is 0 Å². The van der Waals surface area contributed by atoms with E-state index in [0.717, 1.165) is 19.3 Å². The van der Waals surface area contributed by atoms with Crippen LogP contribution in [0.3, 0.4) is 0 Å². The van der Waals surface area contributed by atoms with Crippen LogP contribution in [0, 0.1) is 5.92 Å². The minimum Gasteiger partial charge on any atom is -0.466 e. The molecule has 13 heavy (non-hydrogen) atoms. The number of carbonyl (C=O) groups is 1. The molecule has 0 saturated carbocycles. The van der Waals surface area contributed by atoms with Crippen LogP contribution < -0.4 is 0 Å². The van der Waals surface area contributed by atoms with E-state index in [1.807, 2.05) is 0 Å². The summed E-state index contributed by atoms with van der Waals surface area (Å²) < 4.78 is 4.97. The summed E-state index contributed by atoms with van der Waals surface area (Å²) in [5.41, 5.74) is 0. The second-order valence-electron chi connectivity index (χ2n) is 3.37. The van der Waals surface area contributed by atoms with Gasteiger partial charge in [0, 0.05) is 12.2 Å². The largest absolute Gasteiger partial charge is 0.466 e. The number of hydrogen-bond donors (Lipinski definition) is 1. The summed E-state index contributed by atoms with van der Waals surface area (Å²) in [6.07, 6.45) is 3.15. The zero-order valence-electron chi connectivity index (χ0n) is 8.75. The normalized spacial score (nSPS) is 15.1. The summed E-state index contributed by atoms with van der Waals surface area (Å²) in [7, 11) is 0. The van der Waals surface area contributed by atoms with E-state index in [1.54, 1.807) is 0 Å². The number of hydrogen-bond acceptors (Lipinski definition) is 3. The Hall–Kier alpha value is -0.180. The van der Waals surface area contributed by atoms with Crippen LogP contribution in [0.4, 0.5) is 0 Å². The molecule has 3 heteroatoms. The van der Waals surface area contributed by atoms with E-state index in [9.17, 15) is 4.79 Å². The molecule has 0 aromatic carbocycles. The van der Waals surface area contributed by atoms with Crippen molar-refractivity contribution in [3.63, 3.8) is 0 Å². The zero-order valence-corrected chi connectivity index (χ0v) is 9.64. The fraction of sp³-hybridized carbons (Fsp3) is 0.900. The maximum absolute atomic E-state index is 10.6. The summed E-state index contributed by atoms with van der Waals surface area (Å²) >= 11 is 4.43. The van der Waals surface area contributed by atoms with Crippen molar-refractivity contribution in [3.05, 3.63) is 0 Å². The monoisotopic (exact) mass is 204 g/mol. The molecule has 0 bridgehead atoms. The molecule has 0 heterocycles. The van der Waals surface area contributed by atoms with Crippen molar-refractivity contribution in [2.45, 2.75) is 45.3 Å². The molecule has 0 saturated heterocycles. The molecule has 0 amide bonds. The van der Waals surface area contributed by atoms with E-state index in [-0.39, 0.29) is 5.97 Å². The Balaban J connectivity index is 3.68. The highest BCUT2D eigenvalue weighted by molar-refractivity contribution is 7.80. The van der Waals surface area contributed by atoms with Crippen molar-refractivity contribution >= 4 is 18.6 Å². The molecule has 0 spiro atoms. The SMILES string of the molecule is CCC(S)CC(CC)COC(C)=O. The highest BCUT2D eigenvalue weighted by atomic mass is 32.1. The number of carbonyl (C=O) groups excluding carboxylic acids is 1. The van der Waals surface area contributed by atoms with Crippen molar-refractivity contribution < 1.29 is 9.53 Å². The Labute approximate surface area is 86.5 Å². The van der Waals surface area contributed by atoms with Gasteiger partial charge in [-0.3, -0.25) is 4.79 Å². The molecule has 0 fully saturated rings. The molecule has 0 radical (unpaired) electrons. The van der Waals surface area contributed by atoms with Gasteiger partial charge in [-0.25, -0.2) is 0 Å². The van der Waals surface area contributed by atoms with Crippen molar-refractivity contribution in [1.29, 1.82) is 0 Å². The van der Waals surface area contributed by atoms with Gasteiger partial charge >= 0.3 is 5.97 Å². The molecular formula is C10H20O2S. The van der Waals surface area contributed by atoms with Crippen LogP contribution in [0.2, 0.25) is 0 Å². The fourth-order valence-corrected chi connectivity index (χ4v) is 1.44. The van der Waals surface area contributed by atoms with Gasteiger partial charge in [0.05, 0.1) is 6.61 Å². The number of esters is 1. The summed E-state index contributed by atoms with van der Waals surface area (Å²) in [4.78, 5) is 10.6. The van der Waals surface area contributed by atoms with E-state index in [1.165, 1.54) is 6.92 Å². The Kier molecular flexibility index (Phi) is 7.14. The zero-order chi connectivity index (χ0) is 10.3. The smallest absolute Gasteiger partial charge is 0.302 e. The van der Waals surface area contributed by atoms with Gasteiger partial charge in [0.15, 0.2) is 0 Å². The Morgan fingerprint density at radius 1 is 1.38 bits per heavy atom. The first-order valence-corrected chi connectivity index (χ1v) is 5.43. The van der Waals surface area contributed by atoms with Gasteiger partial charge in [0.1, 0.15) is 0 Å². The van der Waals surface area contributed by atoms with E-state index >= 15 is 0 Å². The third-order valence-electron chi connectivity index (χ3n) is 2.18. The molecule has 2 unspecified atom stereocenters. The maximum atomic E-state index is 10.6. The second kappa shape index (κ2) is 7.25. The number of thiol groups is 1. The van der Waals surface area contributed by atoms with E-state index in [4.69, 9.17) is 4.74 Å². The molecule has 0 aliphatic carbocycles. The molecule has 0 aliphatic heterocycles. The Morgan fingerprint density at radius 3 is 2.38 bits per heavy atom. The minimum atomic E-state index is -0.189. The predicted molar refractivity (Wildman–Crippen MR) is 58.1 cm³/mol. The number of rotatable bonds is 6. The fourth-order valence-electron chi connectivity index (χ4n) is 1.14. The molecule has 0 aromatic heterocycles. The van der Waals surface area contributed by atoms with Gasteiger partial charge in [-0.05, 0) is 18.8 Å². The summed E-state index contributed by atoms with van der Waals surface area (Å²) in [6, 6.07) is 0. The molecule has 78 valence electrons. The molecule has 0 N–H and O–H groups in total. The third kappa shape index (κ3) is 6.94. The summed E-state index contributed by atoms with van der Waals surface area (Å²) in [6.45, 7) is 6.23. The van der Waals surface area contributed by atoms with Crippen LogP contribution in [0.1, 0.15) is 40.0 Å². The standard InChI is InChI=1S/C10H20O2S/c1-4-9(6-10(13)5-2)7-12-8(3)11/h9-10,13H,4-7H2,1-3H3. The lowest BCUT2D eigenvalue weighted by Crippen LogP contribution is -2.15. The molecule has 2 nitrogen and oxygen atoms in total. The average molecular weight is 204 g/mol. The lowest BCUT2D eigenvalue weighted by atomic mass is 10.0. The van der Waals surface area contributed by atoms with Gasteiger partial charge in [-0.2, -0.15) is 12.6 Å². The van der Waals surface area contributed by atoms with Crippen LogP contribution >= 0.6 is 12.6 Å². The topological polar surface area (TPSA) is 26.3 Å². The van der Waals surface area contributed by atoms with E-state index < -0.39 is 0 Å². The van der Waals surface area contributed by atoms with E-state index in [2.05, 4.69) is 26.5 Å². The molecule has 0 aliphatic rings. The third-order valence-corrected chi connectivity index (χ3v) is 2.75. The highest BCUT2D eigenvalue weighted by Gasteiger charge is 2.12. The second-order valence-corrected chi connectivity index (χ2v) is 4.10. The van der Waals surface area contributed by atoms with Crippen LogP contribution in [-0.4, -0.2) is 17.8 Å². The summed E-state index contributed by atoms with van der Waals surface area (Å²) in [5, 5.41) is 0.431. The van der Waals surface area contributed by atoms with E-state index in [0.29, 0.717) is 17.8 Å². The molecular weight excluding hydrogens is 184 g/mol. The van der Waals surface area contributed by atoms with Crippen LogP contribution in [-0.2, 0) is 9.53 Å². The molecule has 0 aromatic rings. The molecule has 0 rings (SSSR count). The van der Waals surface area contributed by atoms with Crippen molar-refractivity contribution in [2.75, 3.05) is 6.61 Å². The van der Waals surface area contributed by atoms with Gasteiger partial charge in [-0.1, -0.05) is 20.3 Å². The van der Waals surface area contributed by atoms with Gasteiger partial charge in [0.2, 0.25) is 0 Å². The average Bonchev–Trinajstić information content (AvgIpc) is 2.11. The lowest BCUT2D eigenvalue weighted by Gasteiger charge is -2.17. The minimum absolute atomic E-state index is 0.189. The van der Waals surface area contributed by atoms with Crippen LogP contribution in [0.15, 0.2) is 0 Å². The number of ether oxygens (including phenoxy) is 1. The summed E-state index contributed by atoms with van der Waals surface area (Å²) in [5.74, 6) is 0.275. The first-order chi connectivity index (χ1) is 6.10. The van der Waals surface area contributed by atoms with Crippen molar-refractivity contribution in [3.8, 4) is 0 Å². The Bertz CT molecular complexity index is 148. The van der Waals surface area contributed by atoms with Gasteiger partial charge < -0.3 is 4.74 Å². The first kappa shape index (κ1) is 12.8. The van der Waals surface area contributed by atoms with Crippen LogP contribution in [0.5, 0.6) is 0 Å². The molecule has 2 atom stereocenters. The first-order valence-electron chi connectivity index (χ1n) is 4.91. The van der Waals surface area contributed by atoms with Crippen LogP contribution in [0.25, 0.3) is 0 Å². The maximum Gasteiger partial charge on any atom is 0.302 e. The van der Waals surface area contributed by atoms with Crippen molar-refractivity contribution in [1.82, 2.24) is 0 Å². The lowest BCUT2D eigenvalue weighted by molar-refractivity contribution is -0.142. The Morgan fingerprint density at radius 2 is 2.00 bits per heavy atom. The van der Waals surface area contributed by atoms with Gasteiger partial charge in [0.25, 0.3) is 0 Å². The quantitative estimate of drug-likeness (QED) is 0.532. The predicted octanol–water partition coefficient (Wildman–Crippen LogP) is 2.67. The van der Waals surface area contributed by atoms with Crippen molar-refractivity contribution in [2.24, 2.45) is 5.92 Å².